The summed E-state index contributed by atoms with van der Waals surface area (Å²) in [6.07, 6.45) is 4.57. The first-order chi connectivity index (χ1) is 6.77. The summed E-state index contributed by atoms with van der Waals surface area (Å²) in [5.74, 6) is 0.811. The topological polar surface area (TPSA) is 0 Å². The Morgan fingerprint density at radius 2 is 1.93 bits per heavy atom. The second-order valence-electron chi connectivity index (χ2n) is 4.08. The quantitative estimate of drug-likeness (QED) is 0.674. The Labute approximate surface area is 90.4 Å². The molecule has 1 aliphatic rings. The SMILES string of the molecule is CC(C)[C@H]1S[C@@H]1/C=C/c1ccccc1. The zero-order valence-corrected chi connectivity index (χ0v) is 9.50. The minimum atomic E-state index is 0.759. The predicted octanol–water partition coefficient (Wildman–Crippen LogP) is 3.84. The zero-order chi connectivity index (χ0) is 9.97. The zero-order valence-electron chi connectivity index (χ0n) is 8.68. The van der Waals surface area contributed by atoms with E-state index < -0.39 is 0 Å². The molecule has 2 atom stereocenters. The first kappa shape index (κ1) is 9.85. The minimum Gasteiger partial charge on any atom is -0.148 e. The van der Waals surface area contributed by atoms with Crippen molar-refractivity contribution in [3.8, 4) is 0 Å². The summed E-state index contributed by atoms with van der Waals surface area (Å²) in [5.41, 5.74) is 1.31. The molecule has 14 heavy (non-hydrogen) atoms. The highest BCUT2D eigenvalue weighted by atomic mass is 32.2. The van der Waals surface area contributed by atoms with Crippen LogP contribution in [0.25, 0.3) is 6.08 Å². The fourth-order valence-corrected chi connectivity index (χ4v) is 2.76. The average Bonchev–Trinajstić information content (AvgIpc) is 2.96. The van der Waals surface area contributed by atoms with E-state index in [0.29, 0.717) is 0 Å². The molecular weight excluding hydrogens is 188 g/mol. The molecule has 0 aromatic heterocycles. The lowest BCUT2D eigenvalue weighted by Gasteiger charge is -1.96. The van der Waals surface area contributed by atoms with Crippen molar-refractivity contribution in [1.29, 1.82) is 0 Å². The van der Waals surface area contributed by atoms with E-state index in [0.717, 1.165) is 16.4 Å². The maximum Gasteiger partial charge on any atom is 0.0355 e. The van der Waals surface area contributed by atoms with Gasteiger partial charge in [-0.25, -0.2) is 0 Å². The summed E-state index contributed by atoms with van der Waals surface area (Å²) in [4.78, 5) is 0. The summed E-state index contributed by atoms with van der Waals surface area (Å²) in [6.45, 7) is 4.60. The maximum atomic E-state index is 2.34. The first-order valence-electron chi connectivity index (χ1n) is 5.16. The molecule has 1 aliphatic heterocycles. The van der Waals surface area contributed by atoms with Crippen molar-refractivity contribution in [3.05, 3.63) is 42.0 Å². The van der Waals surface area contributed by atoms with Gasteiger partial charge in [0.15, 0.2) is 0 Å². The summed E-state index contributed by atoms with van der Waals surface area (Å²) >= 11 is 2.08. The van der Waals surface area contributed by atoms with Crippen LogP contribution < -0.4 is 0 Å². The number of benzene rings is 1. The Kier molecular flexibility index (Phi) is 2.97. The van der Waals surface area contributed by atoms with E-state index in [4.69, 9.17) is 0 Å². The van der Waals surface area contributed by atoms with Crippen molar-refractivity contribution in [2.75, 3.05) is 0 Å². The van der Waals surface area contributed by atoms with Crippen molar-refractivity contribution in [2.24, 2.45) is 5.92 Å². The van der Waals surface area contributed by atoms with Gasteiger partial charge >= 0.3 is 0 Å². The highest BCUT2D eigenvalue weighted by Gasteiger charge is 2.37. The Hall–Kier alpha value is -0.690. The molecule has 0 saturated carbocycles. The van der Waals surface area contributed by atoms with E-state index in [1.807, 2.05) is 0 Å². The summed E-state index contributed by atoms with van der Waals surface area (Å²) in [7, 11) is 0. The van der Waals surface area contributed by atoms with Crippen molar-refractivity contribution >= 4 is 17.8 Å². The molecule has 1 aromatic carbocycles. The third-order valence-corrected chi connectivity index (χ3v) is 4.10. The van der Waals surface area contributed by atoms with Crippen molar-refractivity contribution in [3.63, 3.8) is 0 Å². The predicted molar refractivity (Wildman–Crippen MR) is 65.5 cm³/mol. The van der Waals surface area contributed by atoms with Crippen molar-refractivity contribution in [2.45, 2.75) is 24.3 Å². The number of rotatable bonds is 3. The molecule has 74 valence electrons. The maximum absolute atomic E-state index is 2.34. The molecule has 1 fully saturated rings. The second kappa shape index (κ2) is 4.22. The summed E-state index contributed by atoms with van der Waals surface area (Å²) in [5, 5.41) is 1.62. The van der Waals surface area contributed by atoms with Crippen molar-refractivity contribution < 1.29 is 0 Å². The molecule has 1 saturated heterocycles. The molecule has 0 nitrogen and oxygen atoms in total. The van der Waals surface area contributed by atoms with Crippen molar-refractivity contribution in [1.82, 2.24) is 0 Å². The van der Waals surface area contributed by atoms with Crippen LogP contribution in [0.5, 0.6) is 0 Å². The van der Waals surface area contributed by atoms with Crippen LogP contribution in [0.1, 0.15) is 19.4 Å². The van der Waals surface area contributed by atoms with E-state index in [1.165, 1.54) is 5.56 Å². The first-order valence-corrected chi connectivity index (χ1v) is 6.10. The monoisotopic (exact) mass is 204 g/mol. The Balaban J connectivity index is 1.91. The minimum absolute atomic E-state index is 0.759. The molecular formula is C13H16S. The largest absolute Gasteiger partial charge is 0.148 e. The highest BCUT2D eigenvalue weighted by Crippen LogP contribution is 2.47. The van der Waals surface area contributed by atoms with Crippen LogP contribution in [-0.4, -0.2) is 10.5 Å². The van der Waals surface area contributed by atoms with E-state index in [2.05, 4.69) is 68.1 Å². The molecule has 0 bridgehead atoms. The molecule has 2 rings (SSSR count). The second-order valence-corrected chi connectivity index (χ2v) is 5.44. The number of hydrogen-bond donors (Lipinski definition) is 0. The van der Waals surface area contributed by atoms with Gasteiger partial charge in [-0.3, -0.25) is 0 Å². The molecule has 0 N–H and O–H groups in total. The smallest absolute Gasteiger partial charge is 0.0355 e. The van der Waals surface area contributed by atoms with Gasteiger partial charge in [0.1, 0.15) is 0 Å². The van der Waals surface area contributed by atoms with Crippen LogP contribution in [0, 0.1) is 5.92 Å². The molecule has 1 heteroatoms. The van der Waals surface area contributed by atoms with E-state index >= 15 is 0 Å². The lowest BCUT2D eigenvalue weighted by Crippen LogP contribution is -1.99. The van der Waals surface area contributed by atoms with E-state index in [1.54, 1.807) is 0 Å². The van der Waals surface area contributed by atoms with Gasteiger partial charge in [0, 0.05) is 10.5 Å². The summed E-state index contributed by atoms with van der Waals surface area (Å²) < 4.78 is 0. The van der Waals surface area contributed by atoms with E-state index in [-0.39, 0.29) is 0 Å². The standard InChI is InChI=1S/C13H16S/c1-10(2)13-12(14-13)9-8-11-6-4-3-5-7-11/h3-10,12-13H,1-2H3/b9-8+/t12-,13-/m1/s1. The van der Waals surface area contributed by atoms with Crippen LogP contribution in [0.3, 0.4) is 0 Å². The van der Waals surface area contributed by atoms with Crippen LogP contribution in [0.15, 0.2) is 36.4 Å². The molecule has 0 amide bonds. The molecule has 0 spiro atoms. The van der Waals surface area contributed by atoms with Gasteiger partial charge in [-0.1, -0.05) is 56.3 Å². The van der Waals surface area contributed by atoms with Crippen LogP contribution in [0.4, 0.5) is 0 Å². The molecule has 1 aromatic rings. The van der Waals surface area contributed by atoms with Gasteiger partial charge in [0.2, 0.25) is 0 Å². The number of hydrogen-bond acceptors (Lipinski definition) is 1. The van der Waals surface area contributed by atoms with Crippen LogP contribution in [0.2, 0.25) is 0 Å². The van der Waals surface area contributed by atoms with Gasteiger partial charge in [0.05, 0.1) is 0 Å². The molecule has 0 radical (unpaired) electrons. The lowest BCUT2D eigenvalue weighted by molar-refractivity contribution is 0.661. The Bertz CT molecular complexity index is 313. The third-order valence-electron chi connectivity index (χ3n) is 2.50. The van der Waals surface area contributed by atoms with Gasteiger partial charge in [-0.2, -0.15) is 0 Å². The summed E-state index contributed by atoms with van der Waals surface area (Å²) in [6, 6.07) is 10.5. The average molecular weight is 204 g/mol. The highest BCUT2D eigenvalue weighted by molar-refractivity contribution is 8.07. The normalized spacial score (nSPS) is 25.9. The molecule has 1 heterocycles. The van der Waals surface area contributed by atoms with Gasteiger partial charge in [-0.15, -0.1) is 11.8 Å². The fraction of sp³-hybridized carbons (Fsp3) is 0.385. The van der Waals surface area contributed by atoms with Gasteiger partial charge in [-0.05, 0) is 11.5 Å². The van der Waals surface area contributed by atoms with Crippen LogP contribution in [-0.2, 0) is 0 Å². The van der Waals surface area contributed by atoms with Gasteiger partial charge in [0.25, 0.3) is 0 Å². The van der Waals surface area contributed by atoms with E-state index in [9.17, 15) is 0 Å². The number of thioether (sulfide) groups is 1. The molecule has 0 aliphatic carbocycles. The van der Waals surface area contributed by atoms with Crippen LogP contribution >= 0.6 is 11.8 Å². The third kappa shape index (κ3) is 2.42. The van der Waals surface area contributed by atoms with Gasteiger partial charge < -0.3 is 0 Å². The Morgan fingerprint density at radius 3 is 2.50 bits per heavy atom. The molecule has 0 unspecified atom stereocenters. The Morgan fingerprint density at radius 1 is 1.21 bits per heavy atom. The fourth-order valence-electron chi connectivity index (χ4n) is 1.60. The lowest BCUT2D eigenvalue weighted by atomic mass is 10.1.